The van der Waals surface area contributed by atoms with Gasteiger partial charge in [0, 0.05) is 0 Å². The van der Waals surface area contributed by atoms with Crippen molar-refractivity contribution in [1.29, 1.82) is 0 Å². The summed E-state index contributed by atoms with van der Waals surface area (Å²) in [5.41, 5.74) is 1.84. The summed E-state index contributed by atoms with van der Waals surface area (Å²) >= 11 is 0. The van der Waals surface area contributed by atoms with Crippen molar-refractivity contribution in [3.8, 4) is 0 Å². The van der Waals surface area contributed by atoms with Crippen molar-refractivity contribution in [3.63, 3.8) is 0 Å². The predicted molar refractivity (Wildman–Crippen MR) is 49.5 cm³/mol. The Hall–Kier alpha value is -1.60. The molecule has 0 saturated heterocycles. The molecule has 0 radical (unpaired) electrons. The largest absolute Gasteiger partial charge is 0.335 e. The lowest BCUT2D eigenvalue weighted by Gasteiger charge is -1.90. The summed E-state index contributed by atoms with van der Waals surface area (Å²) in [6, 6.07) is 7.29. The summed E-state index contributed by atoms with van der Waals surface area (Å²) < 4.78 is 20.4. The third-order valence-corrected chi connectivity index (χ3v) is 1.77. The molecule has 1 rings (SSSR count). The van der Waals surface area contributed by atoms with Crippen molar-refractivity contribution in [1.82, 2.24) is 0 Å². The maximum atomic E-state index is 10.2. The van der Waals surface area contributed by atoms with E-state index in [0.717, 1.165) is 5.56 Å². The first-order chi connectivity index (χ1) is 6.18. The van der Waals surface area contributed by atoms with Gasteiger partial charge in [-0.05, 0) is 12.5 Å². The summed E-state index contributed by atoms with van der Waals surface area (Å²) in [5.74, 6) is 0. The van der Waals surface area contributed by atoms with Gasteiger partial charge in [-0.2, -0.15) is 8.42 Å². The van der Waals surface area contributed by atoms with Crippen molar-refractivity contribution >= 4 is 15.7 Å². The van der Waals surface area contributed by atoms with Gasteiger partial charge in [0.1, 0.15) is 0 Å². The zero-order chi connectivity index (χ0) is 10.3. The molecule has 0 unspecified atom stereocenters. The molecule has 0 aliphatic carbocycles. The van der Waals surface area contributed by atoms with Gasteiger partial charge in [0.25, 0.3) is 0 Å². The van der Waals surface area contributed by atoms with Crippen LogP contribution in [0.1, 0.15) is 11.1 Å². The van der Waals surface area contributed by atoms with Gasteiger partial charge in [0.2, 0.25) is 10.3 Å². The van der Waals surface area contributed by atoms with Crippen molar-refractivity contribution in [3.05, 3.63) is 42.0 Å². The Morgan fingerprint density at radius 1 is 1.23 bits per heavy atom. The van der Waals surface area contributed by atoms with E-state index in [9.17, 15) is 8.42 Å². The van der Waals surface area contributed by atoms with Crippen LogP contribution in [0.2, 0.25) is 0 Å². The first kappa shape index (κ1) is 11.4. The highest BCUT2D eigenvalue weighted by molar-refractivity contribution is 7.71. The molecule has 0 aliphatic rings. The summed E-state index contributed by atoms with van der Waals surface area (Å²) in [6.45, 7) is 6.96. The lowest BCUT2D eigenvalue weighted by atomic mass is 10.2. The topological polar surface area (TPSA) is 57.9 Å². The Labute approximate surface area is 78.8 Å². The van der Waals surface area contributed by atoms with Crippen molar-refractivity contribution in [2.45, 2.75) is 6.92 Å². The van der Waals surface area contributed by atoms with Crippen LogP contribution in [0.4, 0.5) is 0 Å². The molecular formula is C9H9NO2S. The minimum absolute atomic E-state index is 0.712. The van der Waals surface area contributed by atoms with Gasteiger partial charge < -0.3 is 5.26 Å². The molecule has 3 nitrogen and oxygen atoms in total. The lowest BCUT2D eigenvalue weighted by Crippen LogP contribution is -2.10. The summed E-state index contributed by atoms with van der Waals surface area (Å²) in [7, 11) is -2.10. The van der Waals surface area contributed by atoms with E-state index in [4.69, 9.17) is 11.8 Å². The van der Waals surface area contributed by atoms with Crippen LogP contribution in [-0.4, -0.2) is 13.8 Å². The second-order valence-corrected chi connectivity index (χ2v) is 3.05. The van der Waals surface area contributed by atoms with Crippen LogP contribution in [0.15, 0.2) is 24.3 Å². The van der Waals surface area contributed by atoms with Gasteiger partial charge >= 0.3 is 0 Å². The molecule has 0 amide bonds. The molecular weight excluding hydrogens is 186 g/mol. The Bertz CT molecular complexity index is 393. The summed E-state index contributed by atoms with van der Waals surface area (Å²) in [6.07, 6.45) is 0. The molecule has 68 valence electrons. The van der Waals surface area contributed by atoms with E-state index in [1.54, 1.807) is 12.1 Å². The molecule has 1 aromatic carbocycles. The average molecular weight is 195 g/mol. The number of aryl methyl sites for hydroxylation is 1. The van der Waals surface area contributed by atoms with Crippen molar-refractivity contribution in [2.75, 3.05) is 0 Å². The van der Waals surface area contributed by atoms with Crippen LogP contribution in [0, 0.1) is 13.5 Å². The monoisotopic (exact) mass is 195 g/mol. The number of rotatable bonds is 1. The van der Waals surface area contributed by atoms with E-state index in [2.05, 4.69) is 0 Å². The minimum Gasteiger partial charge on any atom is -0.335 e. The van der Waals surface area contributed by atoms with Crippen LogP contribution < -0.4 is 5.26 Å². The molecule has 0 bridgehead atoms. The highest BCUT2D eigenvalue weighted by atomic mass is 32.2. The molecule has 13 heavy (non-hydrogen) atoms. The third kappa shape index (κ3) is 4.77. The van der Waals surface area contributed by atoms with Gasteiger partial charge in [0.15, 0.2) is 0 Å². The Morgan fingerprint density at radius 2 is 1.69 bits per heavy atom. The zero-order valence-corrected chi connectivity index (χ0v) is 7.93. The van der Waals surface area contributed by atoms with Crippen molar-refractivity contribution in [2.24, 2.45) is 0 Å². The highest BCUT2D eigenvalue weighted by Crippen LogP contribution is 1.99. The summed E-state index contributed by atoms with van der Waals surface area (Å²) in [4.78, 5) is 0. The van der Waals surface area contributed by atoms with Gasteiger partial charge in [-0.3, -0.25) is 0 Å². The molecule has 4 heteroatoms. The maximum absolute atomic E-state index is 10.2. The first-order valence-corrected chi connectivity index (χ1v) is 4.57. The van der Waals surface area contributed by atoms with E-state index in [1.807, 2.05) is 19.1 Å². The standard InChI is InChI=1S/C8H8O2S.CHN/c1-7-2-4-8(5-3-7)6-11(9)10;1-2/h2-6H,1H3;2H. The van der Waals surface area contributed by atoms with E-state index >= 15 is 0 Å². The van der Waals surface area contributed by atoms with E-state index in [0.29, 0.717) is 5.56 Å². The van der Waals surface area contributed by atoms with Crippen LogP contribution >= 0.6 is 0 Å². The number of nitrogens with one attached hydrogen (secondary N) is 1. The quantitative estimate of drug-likeness (QED) is 0.479. The SMILES string of the molecule is Cc1ccc(C=S(=O)=O)cc1.[C-]#[NH+]. The van der Waals surface area contributed by atoms with Crippen LogP contribution in [0.3, 0.4) is 0 Å². The Balaban J connectivity index is 0.000000671. The Morgan fingerprint density at radius 3 is 2.08 bits per heavy atom. The number of benzene rings is 1. The zero-order valence-electron chi connectivity index (χ0n) is 7.11. The van der Waals surface area contributed by atoms with Crippen LogP contribution in [0.25, 0.3) is 0 Å². The molecule has 0 spiro atoms. The van der Waals surface area contributed by atoms with Gasteiger partial charge in [-0.15, -0.1) is 0 Å². The molecule has 0 aromatic heterocycles. The van der Waals surface area contributed by atoms with Gasteiger partial charge in [-0.1, -0.05) is 29.8 Å². The van der Waals surface area contributed by atoms with Gasteiger partial charge in [0.05, 0.1) is 5.37 Å². The van der Waals surface area contributed by atoms with Crippen LogP contribution in [0.5, 0.6) is 0 Å². The van der Waals surface area contributed by atoms with Crippen LogP contribution in [-0.2, 0) is 10.3 Å². The fourth-order valence-electron chi connectivity index (χ4n) is 0.756. The molecule has 0 saturated carbocycles. The molecule has 0 fully saturated rings. The second-order valence-electron chi connectivity index (χ2n) is 2.29. The molecule has 0 aliphatic heterocycles. The fourth-order valence-corrected chi connectivity index (χ4v) is 1.14. The predicted octanol–water partition coefficient (Wildman–Crippen LogP) is -0.630. The average Bonchev–Trinajstić information content (AvgIpc) is 2.12. The van der Waals surface area contributed by atoms with E-state index < -0.39 is 10.3 Å². The van der Waals surface area contributed by atoms with E-state index in [-0.39, 0.29) is 0 Å². The smallest absolute Gasteiger partial charge is 0.214 e. The maximum Gasteiger partial charge on any atom is 0.214 e. The third-order valence-electron chi connectivity index (χ3n) is 1.31. The second kappa shape index (κ2) is 5.98. The summed E-state index contributed by atoms with van der Waals surface area (Å²) in [5, 5.41) is 6.18. The number of hydrogen-bond donors (Lipinski definition) is 1. The van der Waals surface area contributed by atoms with Gasteiger partial charge in [-0.25, -0.2) is 6.57 Å². The minimum atomic E-state index is -2.10. The molecule has 1 N–H and O–H groups in total. The molecule has 0 atom stereocenters. The molecule has 0 heterocycles. The highest BCUT2D eigenvalue weighted by Gasteiger charge is 1.86. The number of hydrogen-bond acceptors (Lipinski definition) is 2. The lowest BCUT2D eigenvalue weighted by molar-refractivity contribution is -0.0997. The normalized spacial score (nSPS) is 7.92. The van der Waals surface area contributed by atoms with Crippen molar-refractivity contribution < 1.29 is 13.7 Å². The Kier molecular flexibility index (Phi) is 5.24. The van der Waals surface area contributed by atoms with E-state index in [1.165, 1.54) is 5.37 Å². The first-order valence-electron chi connectivity index (χ1n) is 3.43. The molecule has 1 aromatic rings. The fraction of sp³-hybridized carbons (Fsp3) is 0.111.